The molecule has 1 fully saturated rings. The largest absolute Gasteiger partial charge is 0.479 e. The Hall–Kier alpha value is -3.71. The van der Waals surface area contributed by atoms with Gasteiger partial charge in [0.2, 0.25) is 11.4 Å². The van der Waals surface area contributed by atoms with Gasteiger partial charge in [0.05, 0.1) is 0 Å². The van der Waals surface area contributed by atoms with Gasteiger partial charge in [0.15, 0.2) is 10.8 Å². The summed E-state index contributed by atoms with van der Waals surface area (Å²) in [7, 11) is 0. The third-order valence-electron chi connectivity index (χ3n) is 6.13. The molecule has 2 aliphatic rings. The number of nitrogens with one attached hydrogen (secondary N) is 1. The lowest BCUT2D eigenvalue weighted by Crippen LogP contribution is -2.71. The van der Waals surface area contributed by atoms with Gasteiger partial charge in [0.1, 0.15) is 52.1 Å². The zero-order valence-electron chi connectivity index (χ0n) is 21.0. The molecule has 2 amide bonds. The number of aromatic nitrogens is 3. The second kappa shape index (κ2) is 11.3. The number of anilines is 1. The summed E-state index contributed by atoms with van der Waals surface area (Å²) < 4.78 is 3.82. The number of nitrogen functional groups attached to an aromatic ring is 1. The summed E-state index contributed by atoms with van der Waals surface area (Å²) in [5.74, 6) is -3.13. The first-order chi connectivity index (χ1) is 19.5. The minimum absolute atomic E-state index is 0.00104. The van der Waals surface area contributed by atoms with Crippen LogP contribution in [0.4, 0.5) is 5.13 Å². The first-order valence-corrected chi connectivity index (χ1v) is 14.9. The molecule has 7 N–H and O–H groups in total. The summed E-state index contributed by atoms with van der Waals surface area (Å²) in [6.45, 7) is 1.19. The van der Waals surface area contributed by atoms with E-state index < -0.39 is 47.5 Å². The van der Waals surface area contributed by atoms with Crippen molar-refractivity contribution in [2.45, 2.75) is 30.9 Å². The highest BCUT2D eigenvalue weighted by Gasteiger charge is 2.54. The smallest absolute Gasteiger partial charge is 0.352 e. The second-order valence-electron chi connectivity index (χ2n) is 8.91. The van der Waals surface area contributed by atoms with Crippen molar-refractivity contribution < 1.29 is 38.8 Å². The Morgan fingerprint density at radius 3 is 2.78 bits per heavy atom. The number of halogens is 1. The van der Waals surface area contributed by atoms with E-state index in [1.165, 1.54) is 23.1 Å². The Morgan fingerprint density at radius 1 is 1.39 bits per heavy atom. The van der Waals surface area contributed by atoms with Crippen LogP contribution >= 0.6 is 46.0 Å². The van der Waals surface area contributed by atoms with Crippen LogP contribution in [0.1, 0.15) is 24.5 Å². The molecule has 41 heavy (non-hydrogen) atoms. The number of oxime groups is 1. The minimum atomic E-state index is -1.34. The van der Waals surface area contributed by atoms with Crippen LogP contribution in [0.3, 0.4) is 0 Å². The van der Waals surface area contributed by atoms with E-state index in [4.69, 9.17) is 33.0 Å². The van der Waals surface area contributed by atoms with Gasteiger partial charge in [-0.2, -0.15) is 4.40 Å². The number of amides is 2. The van der Waals surface area contributed by atoms with Crippen LogP contribution in [0.25, 0.3) is 4.83 Å². The first kappa shape index (κ1) is 28.8. The van der Waals surface area contributed by atoms with Gasteiger partial charge in [-0.25, -0.2) is 19.1 Å². The average molecular weight is 642 g/mol. The van der Waals surface area contributed by atoms with Crippen LogP contribution in [-0.2, 0) is 30.6 Å². The molecule has 0 saturated carbocycles. The number of carboxylic acid groups (broad SMARTS) is 2. The number of carbonyl (C=O) groups excluding carboxylic acids is 2. The molecule has 2 aliphatic heterocycles. The number of nitrogens with two attached hydrogens (primary N) is 2. The fourth-order valence-corrected chi connectivity index (χ4v) is 7.59. The van der Waals surface area contributed by atoms with Crippen molar-refractivity contribution in [2.24, 2.45) is 10.9 Å². The molecule has 3 aromatic rings. The number of β-lactam (4-membered cyclic amide) rings is 1. The molecule has 0 spiro atoms. The van der Waals surface area contributed by atoms with Crippen LogP contribution < -0.4 is 21.4 Å². The minimum Gasteiger partial charge on any atom is -0.479 e. The Balaban J connectivity index is 1.39. The van der Waals surface area contributed by atoms with E-state index in [1.54, 1.807) is 0 Å². The predicted molar refractivity (Wildman–Crippen MR) is 149 cm³/mol. The molecular formula is C22H22ClN8O7S3+. The molecule has 216 valence electrons. The van der Waals surface area contributed by atoms with Crippen molar-refractivity contribution in [3.8, 4) is 0 Å². The number of imidazole rings is 1. The second-order valence-corrected chi connectivity index (χ2v) is 12.6. The van der Waals surface area contributed by atoms with E-state index in [9.17, 15) is 24.3 Å². The fourth-order valence-electron chi connectivity index (χ4n) is 4.55. The number of aliphatic carboxylic acids is 2. The zero-order chi connectivity index (χ0) is 29.6. The third kappa shape index (κ3) is 5.35. The Bertz CT molecular complexity index is 1640. The highest BCUT2D eigenvalue weighted by molar-refractivity contribution is 8.00. The van der Waals surface area contributed by atoms with Gasteiger partial charge in [0, 0.05) is 16.7 Å². The lowest BCUT2D eigenvalue weighted by atomic mass is 10.0. The molecule has 1 saturated heterocycles. The Kier molecular flexibility index (Phi) is 7.93. The highest BCUT2D eigenvalue weighted by atomic mass is 35.5. The van der Waals surface area contributed by atoms with Crippen molar-refractivity contribution in [2.75, 3.05) is 18.1 Å². The lowest BCUT2D eigenvalue weighted by Gasteiger charge is -2.49. The van der Waals surface area contributed by atoms with Gasteiger partial charge in [-0.3, -0.25) is 14.5 Å². The van der Waals surface area contributed by atoms with Crippen LogP contribution in [0.2, 0.25) is 4.34 Å². The van der Waals surface area contributed by atoms with Gasteiger partial charge in [-0.15, -0.1) is 11.8 Å². The molecule has 3 aromatic heterocycles. The summed E-state index contributed by atoms with van der Waals surface area (Å²) in [5.41, 5.74) is 11.6. The molecular weight excluding hydrogens is 620 g/mol. The fraction of sp³-hybridized carbons (Fsp3) is 0.318. The van der Waals surface area contributed by atoms with Gasteiger partial charge >= 0.3 is 11.9 Å². The highest BCUT2D eigenvalue weighted by Crippen LogP contribution is 2.40. The molecule has 5 rings (SSSR count). The number of rotatable bonds is 10. The number of carboxylic acids is 2. The van der Waals surface area contributed by atoms with E-state index in [-0.39, 0.29) is 39.2 Å². The monoisotopic (exact) mass is 641 g/mol. The predicted octanol–water partition coefficient (Wildman–Crippen LogP) is 0.244. The summed E-state index contributed by atoms with van der Waals surface area (Å²) in [6.07, 6.45) is 3.77. The number of fused-ring (bicyclic) bond motifs is 2. The van der Waals surface area contributed by atoms with Crippen molar-refractivity contribution in [1.82, 2.24) is 19.6 Å². The van der Waals surface area contributed by atoms with Crippen molar-refractivity contribution >= 4 is 85.5 Å². The molecule has 5 heterocycles. The van der Waals surface area contributed by atoms with Crippen LogP contribution in [0.5, 0.6) is 0 Å². The molecule has 0 aliphatic carbocycles. The number of hydrogen-bond donors (Lipinski definition) is 5. The van der Waals surface area contributed by atoms with Gasteiger partial charge < -0.3 is 31.8 Å². The molecule has 3 atom stereocenters. The molecule has 19 heteroatoms. The van der Waals surface area contributed by atoms with E-state index in [2.05, 4.69) is 15.5 Å². The summed E-state index contributed by atoms with van der Waals surface area (Å²) in [4.78, 5) is 60.3. The molecule has 0 unspecified atom stereocenters. The van der Waals surface area contributed by atoms with Crippen LogP contribution in [-0.4, -0.2) is 77.7 Å². The van der Waals surface area contributed by atoms with Crippen molar-refractivity contribution in [3.63, 3.8) is 0 Å². The number of nitrogens with zero attached hydrogens (tertiary/aromatic N) is 5. The number of thioether (sulfide) groups is 1. The maximum Gasteiger partial charge on any atom is 0.352 e. The molecule has 15 nitrogen and oxygen atoms in total. The van der Waals surface area contributed by atoms with Crippen molar-refractivity contribution in [1.29, 1.82) is 0 Å². The van der Waals surface area contributed by atoms with Crippen LogP contribution in [0.15, 0.2) is 34.2 Å². The summed E-state index contributed by atoms with van der Waals surface area (Å²) in [6, 6.07) is -1.44. The third-order valence-corrected chi connectivity index (χ3v) is 9.36. The standard InChI is InChI=1S/C22H21ClN8O7S3/c1-8(24)18-29(5-10-30(18)2-3-39-10)4-9-7-40-20-14(19(35)31(20)15(9)21(36)37)26-17(34)13(28-38-6-11(32)33)12-16(23)41-22(25)27-12/h2-3,5,8,14,20H,4,6-7,24H2,1H3,(H4-,25,26,27,32,33,34,36,37)/p+1/b28-13-/t8-,14-,20-/m1/s1. The normalized spacial score (nSPS) is 19.6. The topological polar surface area (TPSA) is 219 Å². The van der Waals surface area contributed by atoms with Crippen molar-refractivity contribution in [3.05, 3.63) is 44.9 Å². The number of carbonyl (C=O) groups is 4. The van der Waals surface area contributed by atoms with Gasteiger partial charge in [0.25, 0.3) is 17.6 Å². The van der Waals surface area contributed by atoms with E-state index in [1.807, 2.05) is 33.7 Å². The molecule has 0 bridgehead atoms. The SMILES string of the molecule is C[C@@H](N)c1n2ccsc2c[n+]1CC1=C(C(=O)O)N2C(=O)[C@@H](NC(=O)/C(=N\OCC(=O)O)c3nc(N)sc3Cl)[C@H]2SC1. The summed E-state index contributed by atoms with van der Waals surface area (Å²) in [5, 5.41) is 26.2. The molecule has 0 radical (unpaired) electrons. The molecule has 0 aromatic carbocycles. The maximum atomic E-state index is 13.2. The Labute approximate surface area is 248 Å². The first-order valence-electron chi connectivity index (χ1n) is 11.8. The zero-order valence-corrected chi connectivity index (χ0v) is 24.2. The number of hydrogen-bond acceptors (Lipinski definition) is 12. The van der Waals surface area contributed by atoms with E-state index in [0.717, 1.165) is 26.9 Å². The lowest BCUT2D eigenvalue weighted by molar-refractivity contribution is -0.696. The van der Waals surface area contributed by atoms with Gasteiger partial charge in [-0.05, 0) is 6.92 Å². The van der Waals surface area contributed by atoms with Crippen LogP contribution in [0, 0.1) is 0 Å². The van der Waals surface area contributed by atoms with Gasteiger partial charge in [-0.1, -0.05) is 39.4 Å². The maximum absolute atomic E-state index is 13.2. The van der Waals surface area contributed by atoms with E-state index in [0.29, 0.717) is 5.57 Å². The summed E-state index contributed by atoms with van der Waals surface area (Å²) >= 11 is 9.78. The number of thiazole rings is 2. The van der Waals surface area contributed by atoms with E-state index >= 15 is 0 Å². The average Bonchev–Trinajstić information content (AvgIpc) is 3.58. The quantitative estimate of drug-likeness (QED) is 0.0874. The Morgan fingerprint density at radius 2 is 2.15 bits per heavy atom.